The fourth-order valence-corrected chi connectivity index (χ4v) is 3.21. The number of hydrogen-bond acceptors (Lipinski definition) is 3. The van der Waals surface area contributed by atoms with Crippen molar-refractivity contribution in [2.24, 2.45) is 4.99 Å². The van der Waals surface area contributed by atoms with Gasteiger partial charge in [-0.25, -0.2) is 4.39 Å². The SMILES string of the molecule is CN=C(NCc1ncccc1C)NC1CCN(c2cccc(F)c2)CC1. The maximum atomic E-state index is 13.4. The molecule has 0 spiro atoms. The van der Waals surface area contributed by atoms with Gasteiger partial charge in [-0.1, -0.05) is 12.1 Å². The van der Waals surface area contributed by atoms with Crippen LogP contribution in [0.25, 0.3) is 0 Å². The summed E-state index contributed by atoms with van der Waals surface area (Å²) in [6.07, 6.45) is 3.78. The van der Waals surface area contributed by atoms with Crippen molar-refractivity contribution in [1.82, 2.24) is 15.6 Å². The topological polar surface area (TPSA) is 52.6 Å². The first-order valence-electron chi connectivity index (χ1n) is 9.04. The Morgan fingerprint density at radius 2 is 2.08 bits per heavy atom. The van der Waals surface area contributed by atoms with Crippen LogP contribution in [0.3, 0.4) is 0 Å². The van der Waals surface area contributed by atoms with E-state index in [0.29, 0.717) is 12.6 Å². The number of pyridine rings is 1. The molecule has 1 saturated heterocycles. The number of anilines is 1. The molecule has 0 radical (unpaired) electrons. The van der Waals surface area contributed by atoms with Gasteiger partial charge >= 0.3 is 0 Å². The second kappa shape index (κ2) is 8.65. The summed E-state index contributed by atoms with van der Waals surface area (Å²) in [5.41, 5.74) is 3.15. The number of nitrogens with zero attached hydrogens (tertiary/aromatic N) is 3. The fraction of sp³-hybridized carbons (Fsp3) is 0.400. The van der Waals surface area contributed by atoms with Crippen molar-refractivity contribution in [3.63, 3.8) is 0 Å². The minimum absolute atomic E-state index is 0.183. The Morgan fingerprint density at radius 3 is 2.77 bits per heavy atom. The van der Waals surface area contributed by atoms with Gasteiger partial charge in [0.1, 0.15) is 5.82 Å². The lowest BCUT2D eigenvalue weighted by atomic mass is 10.0. The van der Waals surface area contributed by atoms with Crippen molar-refractivity contribution < 1.29 is 4.39 Å². The van der Waals surface area contributed by atoms with Gasteiger partial charge < -0.3 is 15.5 Å². The van der Waals surface area contributed by atoms with Gasteiger partial charge in [-0.2, -0.15) is 0 Å². The number of nitrogens with one attached hydrogen (secondary N) is 2. The minimum Gasteiger partial charge on any atom is -0.371 e. The van der Waals surface area contributed by atoms with Gasteiger partial charge in [0.25, 0.3) is 0 Å². The van der Waals surface area contributed by atoms with Crippen LogP contribution in [0.15, 0.2) is 47.6 Å². The second-order valence-electron chi connectivity index (χ2n) is 6.58. The van der Waals surface area contributed by atoms with E-state index in [1.165, 1.54) is 11.6 Å². The molecule has 0 atom stereocenters. The summed E-state index contributed by atoms with van der Waals surface area (Å²) in [7, 11) is 1.78. The van der Waals surface area contributed by atoms with Crippen LogP contribution in [0.1, 0.15) is 24.1 Å². The summed E-state index contributed by atoms with van der Waals surface area (Å²) in [6.45, 7) is 4.51. The number of hydrogen-bond donors (Lipinski definition) is 2. The molecular formula is C20H26FN5. The highest BCUT2D eigenvalue weighted by molar-refractivity contribution is 5.80. The Bertz CT molecular complexity index is 753. The van der Waals surface area contributed by atoms with E-state index >= 15 is 0 Å². The highest BCUT2D eigenvalue weighted by Gasteiger charge is 2.20. The van der Waals surface area contributed by atoms with Crippen LogP contribution in [0.5, 0.6) is 0 Å². The molecule has 1 aromatic heterocycles. The normalized spacial score (nSPS) is 15.8. The molecule has 1 aromatic carbocycles. The molecule has 2 heterocycles. The molecule has 2 aromatic rings. The van der Waals surface area contributed by atoms with E-state index in [1.54, 1.807) is 19.2 Å². The Kier molecular flexibility index (Phi) is 6.04. The molecule has 138 valence electrons. The third-order valence-corrected chi connectivity index (χ3v) is 4.77. The van der Waals surface area contributed by atoms with E-state index in [-0.39, 0.29) is 5.82 Å². The molecule has 1 aliphatic rings. The zero-order chi connectivity index (χ0) is 18.4. The van der Waals surface area contributed by atoms with Gasteiger partial charge in [-0.3, -0.25) is 9.98 Å². The first-order valence-corrected chi connectivity index (χ1v) is 9.04. The summed E-state index contributed by atoms with van der Waals surface area (Å²) in [5.74, 6) is 0.608. The number of piperidine rings is 1. The smallest absolute Gasteiger partial charge is 0.191 e. The highest BCUT2D eigenvalue weighted by Crippen LogP contribution is 2.20. The van der Waals surface area contributed by atoms with Gasteiger partial charge in [0, 0.05) is 38.1 Å². The zero-order valence-electron chi connectivity index (χ0n) is 15.4. The molecule has 0 saturated carbocycles. The van der Waals surface area contributed by atoms with E-state index in [9.17, 15) is 4.39 Å². The monoisotopic (exact) mass is 355 g/mol. The Labute approximate surface area is 154 Å². The number of aliphatic imine (C=N–C) groups is 1. The van der Waals surface area contributed by atoms with E-state index in [2.05, 4.69) is 38.5 Å². The third-order valence-electron chi connectivity index (χ3n) is 4.77. The molecule has 1 fully saturated rings. The van der Waals surface area contributed by atoms with E-state index in [1.807, 2.05) is 18.3 Å². The second-order valence-corrected chi connectivity index (χ2v) is 6.58. The number of guanidine groups is 1. The molecule has 26 heavy (non-hydrogen) atoms. The molecule has 2 N–H and O–H groups in total. The van der Waals surface area contributed by atoms with Crippen molar-refractivity contribution in [1.29, 1.82) is 0 Å². The molecule has 0 unspecified atom stereocenters. The zero-order valence-corrected chi connectivity index (χ0v) is 15.4. The number of rotatable bonds is 4. The number of benzene rings is 1. The summed E-state index contributed by atoms with van der Waals surface area (Å²) in [4.78, 5) is 10.9. The van der Waals surface area contributed by atoms with Crippen molar-refractivity contribution in [3.8, 4) is 0 Å². The van der Waals surface area contributed by atoms with Crippen LogP contribution in [-0.4, -0.2) is 37.1 Å². The molecule has 6 heteroatoms. The lowest BCUT2D eigenvalue weighted by Gasteiger charge is -2.34. The molecular weight excluding hydrogens is 329 g/mol. The minimum atomic E-state index is -0.183. The lowest BCUT2D eigenvalue weighted by molar-refractivity contribution is 0.461. The molecule has 5 nitrogen and oxygen atoms in total. The van der Waals surface area contributed by atoms with Gasteiger partial charge in [0.2, 0.25) is 0 Å². The van der Waals surface area contributed by atoms with E-state index in [0.717, 1.165) is 43.3 Å². The number of halogens is 1. The Hall–Kier alpha value is -2.63. The Balaban J connectivity index is 1.49. The molecule has 0 amide bonds. The van der Waals surface area contributed by atoms with Crippen LogP contribution in [0.4, 0.5) is 10.1 Å². The highest BCUT2D eigenvalue weighted by atomic mass is 19.1. The van der Waals surface area contributed by atoms with Crippen molar-refractivity contribution in [3.05, 3.63) is 59.7 Å². The molecule has 3 rings (SSSR count). The first kappa shape index (κ1) is 18.2. The number of aromatic nitrogens is 1. The Morgan fingerprint density at radius 1 is 1.27 bits per heavy atom. The van der Waals surface area contributed by atoms with Crippen LogP contribution in [-0.2, 0) is 6.54 Å². The average molecular weight is 355 g/mol. The van der Waals surface area contributed by atoms with Gasteiger partial charge in [0.15, 0.2) is 5.96 Å². The van der Waals surface area contributed by atoms with Gasteiger partial charge in [-0.15, -0.1) is 0 Å². The molecule has 1 aliphatic heterocycles. The molecule has 0 bridgehead atoms. The fourth-order valence-electron chi connectivity index (χ4n) is 3.21. The quantitative estimate of drug-likeness (QED) is 0.654. The van der Waals surface area contributed by atoms with Crippen molar-refractivity contribution >= 4 is 11.6 Å². The first-order chi connectivity index (χ1) is 12.7. The van der Waals surface area contributed by atoms with Crippen LogP contribution < -0.4 is 15.5 Å². The third kappa shape index (κ3) is 4.71. The van der Waals surface area contributed by atoms with Crippen LogP contribution in [0, 0.1) is 12.7 Å². The number of aryl methyl sites for hydroxylation is 1. The summed E-state index contributed by atoms with van der Waals surface area (Å²) in [6, 6.07) is 11.2. The average Bonchev–Trinajstić information content (AvgIpc) is 2.67. The van der Waals surface area contributed by atoms with E-state index in [4.69, 9.17) is 0 Å². The maximum Gasteiger partial charge on any atom is 0.191 e. The largest absolute Gasteiger partial charge is 0.371 e. The predicted molar refractivity (Wildman–Crippen MR) is 104 cm³/mol. The maximum absolute atomic E-state index is 13.4. The van der Waals surface area contributed by atoms with Crippen molar-refractivity contribution in [2.75, 3.05) is 25.0 Å². The van der Waals surface area contributed by atoms with Gasteiger partial charge in [-0.05, 0) is 49.6 Å². The van der Waals surface area contributed by atoms with Gasteiger partial charge in [0.05, 0.1) is 12.2 Å². The summed E-state index contributed by atoms with van der Waals surface area (Å²) in [5, 5.41) is 6.83. The summed E-state index contributed by atoms with van der Waals surface area (Å²) >= 11 is 0. The van der Waals surface area contributed by atoms with Crippen LogP contribution >= 0.6 is 0 Å². The van der Waals surface area contributed by atoms with E-state index < -0.39 is 0 Å². The molecule has 0 aliphatic carbocycles. The van der Waals surface area contributed by atoms with Crippen LogP contribution in [0.2, 0.25) is 0 Å². The van der Waals surface area contributed by atoms with Crippen molar-refractivity contribution in [2.45, 2.75) is 32.4 Å². The lowest BCUT2D eigenvalue weighted by Crippen LogP contribution is -2.48. The summed E-state index contributed by atoms with van der Waals surface area (Å²) < 4.78 is 13.4. The standard InChI is InChI=1S/C20H26FN5/c1-15-5-4-10-23-19(15)14-24-20(22-2)25-17-8-11-26(12-9-17)18-7-3-6-16(21)13-18/h3-7,10,13,17H,8-9,11-12,14H2,1-2H3,(H2,22,24,25). The predicted octanol–water partition coefficient (Wildman–Crippen LogP) is 2.86.